The fraction of sp³-hybridized carbons (Fsp3) is 0.667. The van der Waals surface area contributed by atoms with E-state index in [1.165, 1.54) is 50.8 Å². The molecule has 1 atom stereocenters. The van der Waals surface area contributed by atoms with E-state index in [2.05, 4.69) is 34.5 Å². The standard InChI is InChI=1S/C18H26N2/c1-2-4-17-16(3-1)11-19-10-9-18(17)20(12-14-5-6-14)13-15-7-8-15/h1-4,14-15,18-19H,5-13H2. The second-order valence-electron chi connectivity index (χ2n) is 7.02. The van der Waals surface area contributed by atoms with Crippen molar-refractivity contribution in [2.24, 2.45) is 11.8 Å². The van der Waals surface area contributed by atoms with E-state index >= 15 is 0 Å². The third-order valence-corrected chi connectivity index (χ3v) is 5.14. The lowest BCUT2D eigenvalue weighted by Crippen LogP contribution is -2.33. The summed E-state index contributed by atoms with van der Waals surface area (Å²) in [5.74, 6) is 1.99. The molecule has 2 saturated carbocycles. The summed E-state index contributed by atoms with van der Waals surface area (Å²) in [5, 5.41) is 3.60. The topological polar surface area (TPSA) is 15.3 Å². The molecule has 0 radical (unpaired) electrons. The van der Waals surface area contributed by atoms with E-state index in [9.17, 15) is 0 Å². The van der Waals surface area contributed by atoms with Crippen LogP contribution in [0.4, 0.5) is 0 Å². The summed E-state index contributed by atoms with van der Waals surface area (Å²) >= 11 is 0. The number of hydrogen-bond acceptors (Lipinski definition) is 2. The van der Waals surface area contributed by atoms with Gasteiger partial charge in [-0.25, -0.2) is 0 Å². The molecule has 0 spiro atoms. The molecule has 3 aliphatic rings. The Labute approximate surface area is 122 Å². The Morgan fingerprint density at radius 3 is 2.35 bits per heavy atom. The van der Waals surface area contributed by atoms with Crippen LogP contribution in [0.25, 0.3) is 0 Å². The van der Waals surface area contributed by atoms with Crippen LogP contribution in [0.5, 0.6) is 0 Å². The molecule has 2 heteroatoms. The van der Waals surface area contributed by atoms with Crippen molar-refractivity contribution in [2.75, 3.05) is 19.6 Å². The molecule has 0 aromatic heterocycles. The van der Waals surface area contributed by atoms with Crippen molar-refractivity contribution < 1.29 is 0 Å². The second-order valence-corrected chi connectivity index (χ2v) is 7.02. The Kier molecular flexibility index (Phi) is 3.53. The molecule has 1 aliphatic heterocycles. The molecule has 2 nitrogen and oxygen atoms in total. The van der Waals surface area contributed by atoms with Gasteiger partial charge in [0.05, 0.1) is 0 Å². The van der Waals surface area contributed by atoms with Gasteiger partial charge in [-0.2, -0.15) is 0 Å². The van der Waals surface area contributed by atoms with E-state index in [1.807, 2.05) is 0 Å². The SMILES string of the molecule is c1ccc2c(c1)CNCCC2N(CC1CC1)CC1CC1. The zero-order chi connectivity index (χ0) is 13.4. The first kappa shape index (κ1) is 12.8. The van der Waals surface area contributed by atoms with Gasteiger partial charge in [0.2, 0.25) is 0 Å². The lowest BCUT2D eigenvalue weighted by molar-refractivity contribution is 0.173. The molecule has 108 valence electrons. The van der Waals surface area contributed by atoms with Crippen LogP contribution in [-0.4, -0.2) is 24.5 Å². The van der Waals surface area contributed by atoms with Crippen molar-refractivity contribution in [2.45, 2.75) is 44.7 Å². The van der Waals surface area contributed by atoms with Gasteiger partial charge in [0.1, 0.15) is 0 Å². The van der Waals surface area contributed by atoms with Crippen LogP contribution >= 0.6 is 0 Å². The summed E-state index contributed by atoms with van der Waals surface area (Å²) in [7, 11) is 0. The Morgan fingerprint density at radius 1 is 0.950 bits per heavy atom. The lowest BCUT2D eigenvalue weighted by atomic mass is 9.97. The van der Waals surface area contributed by atoms with Gasteiger partial charge in [-0.05, 0) is 61.6 Å². The maximum absolute atomic E-state index is 3.60. The van der Waals surface area contributed by atoms with Gasteiger partial charge in [0.25, 0.3) is 0 Å². The number of fused-ring (bicyclic) bond motifs is 1. The molecule has 2 aliphatic carbocycles. The van der Waals surface area contributed by atoms with E-state index < -0.39 is 0 Å². The molecule has 0 bridgehead atoms. The predicted molar refractivity (Wildman–Crippen MR) is 82.5 cm³/mol. The summed E-state index contributed by atoms with van der Waals surface area (Å²) in [6.07, 6.45) is 7.14. The van der Waals surface area contributed by atoms with Crippen LogP contribution in [0.1, 0.15) is 49.3 Å². The molecule has 1 heterocycles. The predicted octanol–water partition coefficient (Wildman–Crippen LogP) is 3.34. The second kappa shape index (κ2) is 5.50. The Balaban J connectivity index is 1.59. The first-order valence-electron chi connectivity index (χ1n) is 8.43. The third kappa shape index (κ3) is 2.91. The smallest absolute Gasteiger partial charge is 0.0363 e. The minimum Gasteiger partial charge on any atom is -0.313 e. The summed E-state index contributed by atoms with van der Waals surface area (Å²) in [5.41, 5.74) is 3.12. The molecule has 1 N–H and O–H groups in total. The fourth-order valence-corrected chi connectivity index (χ4v) is 3.61. The van der Waals surface area contributed by atoms with Crippen molar-refractivity contribution in [3.63, 3.8) is 0 Å². The Morgan fingerprint density at radius 2 is 1.65 bits per heavy atom. The summed E-state index contributed by atoms with van der Waals surface area (Å²) in [6, 6.07) is 9.76. The average Bonchev–Trinajstić information content (AvgIpc) is 3.33. The first-order chi connectivity index (χ1) is 9.90. The Hall–Kier alpha value is -0.860. The van der Waals surface area contributed by atoms with Gasteiger partial charge in [0, 0.05) is 25.7 Å². The fourth-order valence-electron chi connectivity index (χ4n) is 3.61. The minimum absolute atomic E-state index is 0.655. The van der Waals surface area contributed by atoms with Crippen molar-refractivity contribution >= 4 is 0 Å². The van der Waals surface area contributed by atoms with Crippen molar-refractivity contribution in [1.29, 1.82) is 0 Å². The molecule has 20 heavy (non-hydrogen) atoms. The molecule has 1 aromatic rings. The largest absolute Gasteiger partial charge is 0.313 e. The number of nitrogens with one attached hydrogen (secondary N) is 1. The zero-order valence-corrected chi connectivity index (χ0v) is 12.4. The highest BCUT2D eigenvalue weighted by Gasteiger charge is 2.34. The molecule has 1 unspecified atom stereocenters. The van der Waals surface area contributed by atoms with Crippen LogP contribution in [0.3, 0.4) is 0 Å². The highest BCUT2D eigenvalue weighted by Crippen LogP contribution is 2.39. The molecule has 0 amide bonds. The average molecular weight is 270 g/mol. The zero-order valence-electron chi connectivity index (χ0n) is 12.4. The maximum atomic E-state index is 3.60. The van der Waals surface area contributed by atoms with Crippen LogP contribution in [-0.2, 0) is 6.54 Å². The van der Waals surface area contributed by atoms with E-state index in [1.54, 1.807) is 5.56 Å². The number of rotatable bonds is 5. The van der Waals surface area contributed by atoms with Crippen molar-refractivity contribution in [3.05, 3.63) is 35.4 Å². The molecule has 1 aromatic carbocycles. The molecule has 2 fully saturated rings. The minimum atomic E-state index is 0.655. The number of hydrogen-bond donors (Lipinski definition) is 1. The molecule has 4 rings (SSSR count). The van der Waals surface area contributed by atoms with Gasteiger partial charge >= 0.3 is 0 Å². The monoisotopic (exact) mass is 270 g/mol. The number of nitrogens with zero attached hydrogens (tertiary/aromatic N) is 1. The van der Waals surface area contributed by atoms with Crippen LogP contribution in [0.2, 0.25) is 0 Å². The van der Waals surface area contributed by atoms with Gasteiger partial charge in [-0.3, -0.25) is 4.90 Å². The summed E-state index contributed by atoms with van der Waals surface area (Å²) in [6.45, 7) is 4.89. The Bertz CT molecular complexity index is 448. The summed E-state index contributed by atoms with van der Waals surface area (Å²) in [4.78, 5) is 2.83. The van der Waals surface area contributed by atoms with Crippen LogP contribution in [0, 0.1) is 11.8 Å². The normalized spacial score (nSPS) is 26.4. The van der Waals surface area contributed by atoms with Gasteiger partial charge < -0.3 is 5.32 Å². The van der Waals surface area contributed by atoms with Crippen molar-refractivity contribution in [1.82, 2.24) is 10.2 Å². The quantitative estimate of drug-likeness (QED) is 0.883. The van der Waals surface area contributed by atoms with Crippen LogP contribution < -0.4 is 5.32 Å². The van der Waals surface area contributed by atoms with E-state index in [4.69, 9.17) is 0 Å². The van der Waals surface area contributed by atoms with Crippen molar-refractivity contribution in [3.8, 4) is 0 Å². The molecule has 0 saturated heterocycles. The molecular formula is C18H26N2. The van der Waals surface area contributed by atoms with E-state index in [0.29, 0.717) is 6.04 Å². The third-order valence-electron chi connectivity index (χ3n) is 5.14. The van der Waals surface area contributed by atoms with Gasteiger partial charge in [0.15, 0.2) is 0 Å². The van der Waals surface area contributed by atoms with Crippen LogP contribution in [0.15, 0.2) is 24.3 Å². The summed E-state index contributed by atoms with van der Waals surface area (Å²) < 4.78 is 0. The van der Waals surface area contributed by atoms with Gasteiger partial charge in [-0.15, -0.1) is 0 Å². The maximum Gasteiger partial charge on any atom is 0.0363 e. The first-order valence-corrected chi connectivity index (χ1v) is 8.43. The molecular weight excluding hydrogens is 244 g/mol. The number of benzene rings is 1. The van der Waals surface area contributed by atoms with E-state index in [-0.39, 0.29) is 0 Å². The highest BCUT2D eigenvalue weighted by atomic mass is 15.2. The highest BCUT2D eigenvalue weighted by molar-refractivity contribution is 5.31. The van der Waals surface area contributed by atoms with E-state index in [0.717, 1.165) is 24.9 Å². The van der Waals surface area contributed by atoms with Gasteiger partial charge in [-0.1, -0.05) is 24.3 Å². The lowest BCUT2D eigenvalue weighted by Gasteiger charge is -2.32.